The van der Waals surface area contributed by atoms with Crippen LogP contribution < -0.4 is 0 Å². The Labute approximate surface area is 508 Å². The summed E-state index contributed by atoms with van der Waals surface area (Å²) in [5.74, 6) is -1.05. The molecule has 0 aromatic carbocycles. The second-order valence-corrected chi connectivity index (χ2v) is 20.2. The van der Waals surface area contributed by atoms with E-state index in [2.05, 4.69) is 240 Å². The molecule has 0 rings (SSSR count). The molecule has 0 amide bonds. The van der Waals surface area contributed by atoms with E-state index in [9.17, 15) is 14.4 Å². The molecule has 6 nitrogen and oxygen atoms in total. The summed E-state index contributed by atoms with van der Waals surface area (Å²) in [6.45, 7) is 6.22. The number of esters is 3. The zero-order chi connectivity index (χ0) is 59.9. The molecule has 0 saturated heterocycles. The van der Waals surface area contributed by atoms with E-state index in [1.165, 1.54) is 0 Å². The van der Waals surface area contributed by atoms with Crippen LogP contribution in [-0.2, 0) is 28.6 Å². The average Bonchev–Trinajstić information content (AvgIpc) is 3.49. The second kappa shape index (κ2) is 68.2. The third-order valence-electron chi connectivity index (χ3n) is 12.5. The highest BCUT2D eigenvalue weighted by Crippen LogP contribution is 2.11. The average molecular weight is 1140 g/mol. The Morgan fingerprint density at radius 2 is 0.482 bits per heavy atom. The van der Waals surface area contributed by atoms with Crippen molar-refractivity contribution in [3.8, 4) is 0 Å². The lowest BCUT2D eigenvalue weighted by atomic mass is 10.1. The van der Waals surface area contributed by atoms with Gasteiger partial charge in [-0.2, -0.15) is 0 Å². The zero-order valence-corrected chi connectivity index (χ0v) is 52.4. The first-order valence-electron chi connectivity index (χ1n) is 32.2. The Hall–Kier alpha value is -6.27. The fourth-order valence-corrected chi connectivity index (χ4v) is 7.73. The number of unbranched alkanes of at least 4 members (excludes halogenated alkanes) is 8. The number of carbonyl (C=O) groups excluding carboxylic acids is 3. The summed E-state index contributed by atoms with van der Waals surface area (Å²) in [6, 6.07) is 0. The molecule has 0 aliphatic rings. The SMILES string of the molecule is CC/C=C\C/C=C\C/C=C\C/C=C\C/C=C\C/C=C\C/C=C\C/C=C\C/C=C\CCCCCC(=O)OCC(COC(=O)CCCCCCC)OC(=O)CCC/C=C\C/C=C\C/C=C\C/C=C\C/C=C\C/C=C\C/C=C\C/C=C\C/C=C\CC. The first-order chi connectivity index (χ1) is 41.0. The summed E-state index contributed by atoms with van der Waals surface area (Å²) in [5, 5.41) is 0. The maximum absolute atomic E-state index is 12.8. The molecule has 0 aliphatic carbocycles. The maximum Gasteiger partial charge on any atom is 0.306 e. The van der Waals surface area contributed by atoms with Crippen LogP contribution in [0.15, 0.2) is 219 Å². The quantitative estimate of drug-likeness (QED) is 0.0261. The number of rotatable bonds is 55. The van der Waals surface area contributed by atoms with E-state index in [0.717, 1.165) is 180 Å². The Balaban J connectivity index is 4.30. The summed E-state index contributed by atoms with van der Waals surface area (Å²) < 4.78 is 16.7. The lowest BCUT2D eigenvalue weighted by Gasteiger charge is -2.18. The van der Waals surface area contributed by atoms with E-state index in [1.807, 2.05) is 0 Å². The topological polar surface area (TPSA) is 78.9 Å². The van der Waals surface area contributed by atoms with Gasteiger partial charge in [-0.15, -0.1) is 0 Å². The van der Waals surface area contributed by atoms with Crippen molar-refractivity contribution in [3.05, 3.63) is 219 Å². The third kappa shape index (κ3) is 66.4. The molecule has 0 spiro atoms. The van der Waals surface area contributed by atoms with Gasteiger partial charge in [0.2, 0.25) is 0 Å². The monoisotopic (exact) mass is 1130 g/mol. The minimum Gasteiger partial charge on any atom is -0.462 e. The number of carbonyl (C=O) groups is 3. The molecule has 458 valence electrons. The molecule has 0 fully saturated rings. The molecule has 0 heterocycles. The molecule has 1 atom stereocenters. The van der Waals surface area contributed by atoms with E-state index in [1.54, 1.807) is 0 Å². The van der Waals surface area contributed by atoms with Gasteiger partial charge in [-0.05, 0) is 154 Å². The van der Waals surface area contributed by atoms with Crippen molar-refractivity contribution < 1.29 is 28.6 Å². The number of hydrogen-bond acceptors (Lipinski definition) is 6. The third-order valence-corrected chi connectivity index (χ3v) is 12.5. The number of allylic oxidation sites excluding steroid dienone is 36. The summed E-state index contributed by atoms with van der Waals surface area (Å²) in [6.07, 6.45) is 107. The molecule has 1 unspecified atom stereocenters. The summed E-state index contributed by atoms with van der Waals surface area (Å²) in [4.78, 5) is 37.9. The molecule has 0 bridgehead atoms. The Morgan fingerprint density at radius 1 is 0.253 bits per heavy atom. The molecule has 0 saturated carbocycles. The van der Waals surface area contributed by atoms with Crippen molar-refractivity contribution in [2.45, 2.75) is 232 Å². The van der Waals surface area contributed by atoms with Gasteiger partial charge in [0.25, 0.3) is 0 Å². The Bertz CT molecular complexity index is 2080. The van der Waals surface area contributed by atoms with E-state index < -0.39 is 6.10 Å². The van der Waals surface area contributed by atoms with Gasteiger partial charge in [0.05, 0.1) is 0 Å². The van der Waals surface area contributed by atoms with Gasteiger partial charge in [-0.25, -0.2) is 0 Å². The number of hydrogen-bond donors (Lipinski definition) is 0. The summed E-state index contributed by atoms with van der Waals surface area (Å²) in [5.41, 5.74) is 0. The van der Waals surface area contributed by atoms with Crippen LogP contribution >= 0.6 is 0 Å². The largest absolute Gasteiger partial charge is 0.462 e. The molecule has 0 radical (unpaired) electrons. The van der Waals surface area contributed by atoms with E-state index in [4.69, 9.17) is 14.2 Å². The maximum atomic E-state index is 12.8. The Morgan fingerprint density at radius 3 is 0.759 bits per heavy atom. The van der Waals surface area contributed by atoms with Gasteiger partial charge < -0.3 is 14.2 Å². The van der Waals surface area contributed by atoms with Gasteiger partial charge >= 0.3 is 17.9 Å². The predicted octanol–water partition coefficient (Wildman–Crippen LogP) is 22.5. The van der Waals surface area contributed by atoms with Gasteiger partial charge in [-0.3, -0.25) is 14.4 Å². The molecule has 0 aliphatic heterocycles. The predicted molar refractivity (Wildman–Crippen MR) is 361 cm³/mol. The molecular weight excluding hydrogens is 1020 g/mol. The highest BCUT2D eigenvalue weighted by Gasteiger charge is 2.19. The van der Waals surface area contributed by atoms with Crippen LogP contribution in [0.2, 0.25) is 0 Å². The molecule has 6 heteroatoms. The summed E-state index contributed by atoms with van der Waals surface area (Å²) in [7, 11) is 0. The highest BCUT2D eigenvalue weighted by molar-refractivity contribution is 5.71. The fourth-order valence-electron chi connectivity index (χ4n) is 7.73. The van der Waals surface area contributed by atoms with Crippen molar-refractivity contribution in [3.63, 3.8) is 0 Å². The number of ether oxygens (including phenoxy) is 3. The zero-order valence-electron chi connectivity index (χ0n) is 52.4. The minimum absolute atomic E-state index is 0.125. The van der Waals surface area contributed by atoms with Crippen molar-refractivity contribution in [1.82, 2.24) is 0 Å². The van der Waals surface area contributed by atoms with Crippen LogP contribution in [0.25, 0.3) is 0 Å². The first-order valence-corrected chi connectivity index (χ1v) is 32.2. The van der Waals surface area contributed by atoms with Crippen LogP contribution in [0.3, 0.4) is 0 Å². The summed E-state index contributed by atoms with van der Waals surface area (Å²) >= 11 is 0. The van der Waals surface area contributed by atoms with Crippen LogP contribution in [0.4, 0.5) is 0 Å². The minimum atomic E-state index is -0.834. The van der Waals surface area contributed by atoms with Crippen molar-refractivity contribution in [1.29, 1.82) is 0 Å². The lowest BCUT2D eigenvalue weighted by molar-refractivity contribution is -0.167. The van der Waals surface area contributed by atoms with Gasteiger partial charge in [0.1, 0.15) is 13.2 Å². The second-order valence-electron chi connectivity index (χ2n) is 20.2. The van der Waals surface area contributed by atoms with Gasteiger partial charge in [0.15, 0.2) is 6.10 Å². The van der Waals surface area contributed by atoms with Gasteiger partial charge in [-0.1, -0.05) is 272 Å². The first kappa shape index (κ1) is 76.7. The van der Waals surface area contributed by atoms with Crippen molar-refractivity contribution in [2.24, 2.45) is 0 Å². The molecule has 0 N–H and O–H groups in total. The van der Waals surface area contributed by atoms with E-state index in [-0.39, 0.29) is 37.5 Å². The van der Waals surface area contributed by atoms with Crippen LogP contribution in [0.1, 0.15) is 226 Å². The van der Waals surface area contributed by atoms with Crippen molar-refractivity contribution in [2.75, 3.05) is 13.2 Å². The normalized spacial score (nSPS) is 13.6. The molecular formula is C77H114O6. The smallest absolute Gasteiger partial charge is 0.306 e. The lowest BCUT2D eigenvalue weighted by Crippen LogP contribution is -2.30. The molecule has 0 aromatic heterocycles. The van der Waals surface area contributed by atoms with Crippen LogP contribution in [-0.4, -0.2) is 37.2 Å². The van der Waals surface area contributed by atoms with Crippen LogP contribution in [0, 0.1) is 0 Å². The highest BCUT2D eigenvalue weighted by atomic mass is 16.6. The van der Waals surface area contributed by atoms with E-state index >= 15 is 0 Å². The molecule has 83 heavy (non-hydrogen) atoms. The standard InChI is InChI=1S/C77H114O6/c1-4-7-10-13-15-17-19-21-23-25-27-29-31-33-35-37-38-40-41-43-45-47-49-51-53-55-57-59-61-64-67-70-76(79)82-73-74(72-81-75(78)69-66-63-12-9-6-3)83-77(80)71-68-65-62-60-58-56-54-52-50-48-46-44-42-39-36-34-32-30-28-26-24-22-20-18-16-14-11-8-5-2/h7-8,10-11,15-18,21-24,27-30,33-36,38,40,42-45,48-51,54-57,60,62,74H,4-6,9,12-14,19-20,25-26,31-32,37,39,41,46-47,52-53,58-59,61,63-73H2,1-3H3/b10-7-,11-8-,17-15-,18-16-,23-21-,24-22-,29-27-,30-28-,35-33-,36-34-,40-38-,44-42-,45-43-,50-48-,51-49-,56-54-,57-55-,62-60-. The van der Waals surface area contributed by atoms with Gasteiger partial charge in [0, 0.05) is 19.3 Å². The fraction of sp³-hybridized carbons (Fsp3) is 0.494. The molecule has 0 aromatic rings. The Kier molecular flexibility index (Phi) is 63.1. The van der Waals surface area contributed by atoms with E-state index in [0.29, 0.717) is 19.3 Å². The van der Waals surface area contributed by atoms with Crippen LogP contribution in [0.5, 0.6) is 0 Å². The van der Waals surface area contributed by atoms with Crippen molar-refractivity contribution >= 4 is 17.9 Å².